The second-order valence-electron chi connectivity index (χ2n) is 3.68. The predicted molar refractivity (Wildman–Crippen MR) is 53.2 cm³/mol. The van der Waals surface area contributed by atoms with E-state index in [1.54, 1.807) is 0 Å². The lowest BCUT2D eigenvalue weighted by Gasteiger charge is -2.23. The number of aliphatic carboxylic acids is 1. The van der Waals surface area contributed by atoms with E-state index >= 15 is 0 Å². The van der Waals surface area contributed by atoms with E-state index in [0.29, 0.717) is 13.0 Å². The Hall–Kier alpha value is -1.35. The number of hydrogen-bond acceptors (Lipinski definition) is 2. The van der Waals surface area contributed by atoms with Crippen molar-refractivity contribution in [3.8, 4) is 0 Å². The van der Waals surface area contributed by atoms with Gasteiger partial charge in [-0.3, -0.25) is 4.79 Å². The summed E-state index contributed by atoms with van der Waals surface area (Å²) in [6.45, 7) is 1.31. The molecule has 3 nitrogen and oxygen atoms in total. The van der Waals surface area contributed by atoms with Crippen LogP contribution in [0.4, 0.5) is 0 Å². The SMILES string of the molecule is O=C(O)[C@]1(c2ccccc2)CCNC1. The predicted octanol–water partition coefficient (Wildman–Crippen LogP) is 1.00. The van der Waals surface area contributed by atoms with Gasteiger partial charge in [0.05, 0.1) is 0 Å². The van der Waals surface area contributed by atoms with Crippen molar-refractivity contribution in [1.82, 2.24) is 5.32 Å². The number of benzene rings is 1. The van der Waals surface area contributed by atoms with Crippen LogP contribution in [0, 0.1) is 0 Å². The molecule has 1 aromatic rings. The van der Waals surface area contributed by atoms with E-state index in [1.807, 2.05) is 30.3 Å². The fourth-order valence-corrected chi connectivity index (χ4v) is 2.00. The molecule has 14 heavy (non-hydrogen) atoms. The minimum atomic E-state index is -0.728. The van der Waals surface area contributed by atoms with E-state index < -0.39 is 11.4 Å². The van der Waals surface area contributed by atoms with Crippen molar-refractivity contribution in [2.24, 2.45) is 0 Å². The zero-order valence-corrected chi connectivity index (χ0v) is 7.86. The van der Waals surface area contributed by atoms with Crippen molar-refractivity contribution in [1.29, 1.82) is 0 Å². The molecule has 1 heterocycles. The first-order valence-electron chi connectivity index (χ1n) is 4.75. The summed E-state index contributed by atoms with van der Waals surface area (Å²) < 4.78 is 0. The molecule has 1 saturated heterocycles. The fourth-order valence-electron chi connectivity index (χ4n) is 2.00. The minimum Gasteiger partial charge on any atom is -0.481 e. The van der Waals surface area contributed by atoms with Crippen LogP contribution in [0.5, 0.6) is 0 Å². The van der Waals surface area contributed by atoms with Gasteiger partial charge in [0.1, 0.15) is 5.41 Å². The van der Waals surface area contributed by atoms with Crippen LogP contribution in [0.1, 0.15) is 12.0 Å². The lowest BCUT2D eigenvalue weighted by molar-refractivity contribution is -0.143. The molecule has 0 aliphatic carbocycles. The molecule has 0 unspecified atom stereocenters. The molecule has 1 atom stereocenters. The lowest BCUT2D eigenvalue weighted by atomic mass is 9.80. The van der Waals surface area contributed by atoms with Crippen molar-refractivity contribution in [2.45, 2.75) is 11.8 Å². The number of hydrogen-bond donors (Lipinski definition) is 2. The smallest absolute Gasteiger partial charge is 0.315 e. The number of carboxylic acid groups (broad SMARTS) is 1. The molecule has 0 amide bonds. The minimum absolute atomic E-state index is 0.534. The van der Waals surface area contributed by atoms with Crippen molar-refractivity contribution < 1.29 is 9.90 Å². The van der Waals surface area contributed by atoms with Gasteiger partial charge < -0.3 is 10.4 Å². The maximum Gasteiger partial charge on any atom is 0.315 e. The highest BCUT2D eigenvalue weighted by atomic mass is 16.4. The molecule has 0 saturated carbocycles. The van der Waals surface area contributed by atoms with Crippen molar-refractivity contribution in [3.63, 3.8) is 0 Å². The molecular weight excluding hydrogens is 178 g/mol. The Morgan fingerprint density at radius 2 is 2.07 bits per heavy atom. The van der Waals surface area contributed by atoms with Crippen LogP contribution in [-0.4, -0.2) is 24.2 Å². The maximum atomic E-state index is 11.3. The Labute approximate surface area is 82.8 Å². The number of carbonyl (C=O) groups is 1. The van der Waals surface area contributed by atoms with Gasteiger partial charge in [-0.05, 0) is 18.5 Å². The Balaban J connectivity index is 2.42. The summed E-state index contributed by atoms with van der Waals surface area (Å²) in [7, 11) is 0. The van der Waals surface area contributed by atoms with Crippen molar-refractivity contribution in [3.05, 3.63) is 35.9 Å². The second-order valence-corrected chi connectivity index (χ2v) is 3.68. The first kappa shape index (κ1) is 9.21. The second kappa shape index (κ2) is 3.42. The molecule has 1 aliphatic heterocycles. The van der Waals surface area contributed by atoms with Gasteiger partial charge in [0.2, 0.25) is 0 Å². The Kier molecular flexibility index (Phi) is 2.25. The highest BCUT2D eigenvalue weighted by Gasteiger charge is 2.42. The van der Waals surface area contributed by atoms with Gasteiger partial charge in [0, 0.05) is 6.54 Å². The topological polar surface area (TPSA) is 49.3 Å². The number of rotatable bonds is 2. The zero-order valence-electron chi connectivity index (χ0n) is 7.86. The third-order valence-corrected chi connectivity index (χ3v) is 2.89. The van der Waals surface area contributed by atoms with Gasteiger partial charge in [0.25, 0.3) is 0 Å². The van der Waals surface area contributed by atoms with E-state index in [-0.39, 0.29) is 0 Å². The highest BCUT2D eigenvalue weighted by molar-refractivity contribution is 5.82. The average molecular weight is 191 g/mol. The van der Waals surface area contributed by atoms with Crippen LogP contribution < -0.4 is 5.32 Å². The van der Waals surface area contributed by atoms with E-state index in [9.17, 15) is 9.90 Å². The van der Waals surface area contributed by atoms with Gasteiger partial charge >= 0.3 is 5.97 Å². The molecule has 0 radical (unpaired) electrons. The van der Waals surface area contributed by atoms with Crippen LogP contribution in [-0.2, 0) is 10.2 Å². The molecule has 0 bridgehead atoms. The monoisotopic (exact) mass is 191 g/mol. The highest BCUT2D eigenvalue weighted by Crippen LogP contribution is 2.30. The van der Waals surface area contributed by atoms with Crippen LogP contribution in [0.25, 0.3) is 0 Å². The van der Waals surface area contributed by atoms with Crippen LogP contribution >= 0.6 is 0 Å². The van der Waals surface area contributed by atoms with Crippen LogP contribution in [0.2, 0.25) is 0 Å². The summed E-state index contributed by atoms with van der Waals surface area (Å²) in [5.74, 6) is -0.728. The Morgan fingerprint density at radius 1 is 1.36 bits per heavy atom. The summed E-state index contributed by atoms with van der Waals surface area (Å²) in [6.07, 6.45) is 0.673. The Morgan fingerprint density at radius 3 is 2.57 bits per heavy atom. The van der Waals surface area contributed by atoms with Crippen molar-refractivity contribution >= 4 is 5.97 Å². The standard InChI is InChI=1S/C11H13NO2/c13-10(14)11(6-7-12-8-11)9-4-2-1-3-5-9/h1-5,12H,6-8H2,(H,13,14)/t11-/m1/s1. The van der Waals surface area contributed by atoms with Gasteiger partial charge in [0.15, 0.2) is 0 Å². The van der Waals surface area contributed by atoms with E-state index in [4.69, 9.17) is 0 Å². The van der Waals surface area contributed by atoms with Gasteiger partial charge in [-0.1, -0.05) is 30.3 Å². The van der Waals surface area contributed by atoms with Gasteiger partial charge in [-0.25, -0.2) is 0 Å². The summed E-state index contributed by atoms with van der Waals surface area (Å²) >= 11 is 0. The molecule has 1 aromatic carbocycles. The van der Waals surface area contributed by atoms with E-state index in [2.05, 4.69) is 5.32 Å². The van der Waals surface area contributed by atoms with Crippen molar-refractivity contribution in [2.75, 3.05) is 13.1 Å². The average Bonchev–Trinajstić information content (AvgIpc) is 2.69. The molecule has 0 aromatic heterocycles. The van der Waals surface area contributed by atoms with E-state index in [1.165, 1.54) is 0 Å². The number of carboxylic acids is 1. The fraction of sp³-hybridized carbons (Fsp3) is 0.364. The number of nitrogens with one attached hydrogen (secondary N) is 1. The van der Waals surface area contributed by atoms with Gasteiger partial charge in [-0.15, -0.1) is 0 Å². The normalized spacial score (nSPS) is 26.3. The maximum absolute atomic E-state index is 11.3. The quantitative estimate of drug-likeness (QED) is 0.733. The molecule has 2 N–H and O–H groups in total. The molecule has 2 rings (SSSR count). The molecular formula is C11H13NO2. The first-order chi connectivity index (χ1) is 6.76. The van der Waals surface area contributed by atoms with Crippen LogP contribution in [0.15, 0.2) is 30.3 Å². The molecule has 74 valence electrons. The first-order valence-corrected chi connectivity index (χ1v) is 4.75. The lowest BCUT2D eigenvalue weighted by Crippen LogP contribution is -2.37. The molecule has 1 fully saturated rings. The summed E-state index contributed by atoms with van der Waals surface area (Å²) in [4.78, 5) is 11.3. The van der Waals surface area contributed by atoms with E-state index in [0.717, 1.165) is 12.1 Å². The molecule has 1 aliphatic rings. The van der Waals surface area contributed by atoms with Crippen LogP contribution in [0.3, 0.4) is 0 Å². The largest absolute Gasteiger partial charge is 0.481 e. The Bertz CT molecular complexity index is 328. The third kappa shape index (κ3) is 1.30. The molecule has 0 spiro atoms. The summed E-state index contributed by atoms with van der Waals surface area (Å²) in [5, 5.41) is 12.4. The van der Waals surface area contributed by atoms with Gasteiger partial charge in [-0.2, -0.15) is 0 Å². The third-order valence-electron chi connectivity index (χ3n) is 2.89. The summed E-state index contributed by atoms with van der Waals surface area (Å²) in [5.41, 5.74) is 0.193. The zero-order chi connectivity index (χ0) is 10.0. The molecule has 3 heteroatoms. The summed E-state index contributed by atoms with van der Waals surface area (Å²) in [6, 6.07) is 9.46.